The highest BCUT2D eigenvalue weighted by Crippen LogP contribution is 2.25. The first-order valence-electron chi connectivity index (χ1n) is 4.99. The van der Waals surface area contributed by atoms with Crippen LogP contribution < -0.4 is 0 Å². The number of hydrogen-bond donors (Lipinski definition) is 1. The van der Waals surface area contributed by atoms with Crippen molar-refractivity contribution in [2.75, 3.05) is 0 Å². The zero-order valence-corrected chi connectivity index (χ0v) is 9.22. The van der Waals surface area contributed by atoms with Crippen molar-refractivity contribution in [1.29, 1.82) is 0 Å². The van der Waals surface area contributed by atoms with Crippen molar-refractivity contribution >= 4 is 0 Å². The van der Waals surface area contributed by atoms with E-state index in [2.05, 4.69) is 27.7 Å². The second kappa shape index (κ2) is 4.86. The molecule has 0 heterocycles. The van der Waals surface area contributed by atoms with Crippen LogP contribution in [0.1, 0.15) is 53.9 Å². The van der Waals surface area contributed by atoms with Crippen LogP contribution in [0, 0.1) is 11.3 Å². The molecule has 0 radical (unpaired) electrons. The van der Waals surface area contributed by atoms with Gasteiger partial charge in [0.2, 0.25) is 0 Å². The van der Waals surface area contributed by atoms with Crippen LogP contribution in [0.4, 0.5) is 0 Å². The summed E-state index contributed by atoms with van der Waals surface area (Å²) >= 11 is 0. The van der Waals surface area contributed by atoms with E-state index in [4.69, 9.17) is 5.11 Å². The summed E-state index contributed by atoms with van der Waals surface area (Å²) in [6.45, 7) is 10.9. The minimum Gasteiger partial charge on any atom is -0.393 e. The van der Waals surface area contributed by atoms with E-state index in [0.717, 1.165) is 6.42 Å². The maximum atomic E-state index is 9.15. The van der Waals surface area contributed by atoms with Crippen molar-refractivity contribution < 1.29 is 5.11 Å². The molecule has 12 heavy (non-hydrogen) atoms. The molecular formula is C11H24O. The fourth-order valence-electron chi connectivity index (χ4n) is 1.38. The normalized spacial score (nSPS) is 17.5. The Morgan fingerprint density at radius 1 is 1.17 bits per heavy atom. The number of aliphatic hydroxyl groups is 1. The summed E-state index contributed by atoms with van der Waals surface area (Å²) in [6, 6.07) is 0. The lowest BCUT2D eigenvalue weighted by Gasteiger charge is -2.21. The van der Waals surface area contributed by atoms with E-state index in [1.807, 2.05) is 6.92 Å². The van der Waals surface area contributed by atoms with Crippen molar-refractivity contribution in [1.82, 2.24) is 0 Å². The lowest BCUT2D eigenvalue weighted by atomic mass is 9.86. The molecule has 0 aliphatic rings. The molecule has 0 amide bonds. The van der Waals surface area contributed by atoms with E-state index in [9.17, 15) is 0 Å². The third kappa shape index (κ3) is 8.06. The first kappa shape index (κ1) is 12.0. The van der Waals surface area contributed by atoms with Crippen molar-refractivity contribution in [2.45, 2.75) is 60.0 Å². The van der Waals surface area contributed by atoms with Crippen molar-refractivity contribution in [2.24, 2.45) is 11.3 Å². The summed E-state index contributed by atoms with van der Waals surface area (Å²) < 4.78 is 0. The molecule has 0 bridgehead atoms. The predicted octanol–water partition coefficient (Wildman–Crippen LogP) is 3.22. The minimum atomic E-state index is -0.139. The zero-order valence-electron chi connectivity index (χ0n) is 9.22. The topological polar surface area (TPSA) is 20.2 Å². The second-order valence-electron chi connectivity index (χ2n) is 5.29. The number of aliphatic hydroxyl groups excluding tert-OH is 1. The summed E-state index contributed by atoms with van der Waals surface area (Å²) in [5.41, 5.74) is 0.437. The first-order chi connectivity index (χ1) is 5.31. The van der Waals surface area contributed by atoms with E-state index < -0.39 is 0 Å². The van der Waals surface area contributed by atoms with Gasteiger partial charge in [0, 0.05) is 0 Å². The van der Waals surface area contributed by atoms with Gasteiger partial charge in [-0.05, 0) is 31.1 Å². The predicted molar refractivity (Wildman–Crippen MR) is 54.2 cm³/mol. The molecule has 0 saturated carbocycles. The molecule has 0 fully saturated rings. The third-order valence-corrected chi connectivity index (χ3v) is 2.13. The monoisotopic (exact) mass is 172 g/mol. The Kier molecular flexibility index (Phi) is 4.84. The van der Waals surface area contributed by atoms with Gasteiger partial charge in [-0.3, -0.25) is 0 Å². The molecular weight excluding hydrogens is 148 g/mol. The Hall–Kier alpha value is -0.0400. The van der Waals surface area contributed by atoms with Crippen molar-refractivity contribution in [3.8, 4) is 0 Å². The van der Waals surface area contributed by atoms with Gasteiger partial charge in [0.05, 0.1) is 6.10 Å². The van der Waals surface area contributed by atoms with Crippen LogP contribution in [-0.4, -0.2) is 11.2 Å². The summed E-state index contributed by atoms with van der Waals surface area (Å²) in [4.78, 5) is 0. The Bertz CT molecular complexity index is 111. The Morgan fingerprint density at radius 3 is 2.00 bits per heavy atom. The smallest absolute Gasteiger partial charge is 0.0514 e. The van der Waals surface area contributed by atoms with Gasteiger partial charge in [0.15, 0.2) is 0 Å². The van der Waals surface area contributed by atoms with Crippen LogP contribution in [-0.2, 0) is 0 Å². The van der Waals surface area contributed by atoms with E-state index in [0.29, 0.717) is 11.3 Å². The SMILES string of the molecule is CC(O)CC(C)CCC(C)(C)C. The van der Waals surface area contributed by atoms with Gasteiger partial charge in [-0.25, -0.2) is 0 Å². The summed E-state index contributed by atoms with van der Waals surface area (Å²) in [5.74, 6) is 0.657. The van der Waals surface area contributed by atoms with Gasteiger partial charge < -0.3 is 5.11 Å². The molecule has 1 N–H and O–H groups in total. The molecule has 2 unspecified atom stereocenters. The maximum absolute atomic E-state index is 9.15. The average molecular weight is 172 g/mol. The molecule has 1 nitrogen and oxygen atoms in total. The van der Waals surface area contributed by atoms with Crippen molar-refractivity contribution in [3.63, 3.8) is 0 Å². The standard InChI is InChI=1S/C11H24O/c1-9(8-10(2)12)6-7-11(3,4)5/h9-10,12H,6-8H2,1-5H3. The lowest BCUT2D eigenvalue weighted by Crippen LogP contribution is -2.11. The average Bonchev–Trinajstić information content (AvgIpc) is 1.80. The zero-order chi connectivity index (χ0) is 9.78. The second-order valence-corrected chi connectivity index (χ2v) is 5.29. The summed E-state index contributed by atoms with van der Waals surface area (Å²) in [7, 11) is 0. The van der Waals surface area contributed by atoms with Gasteiger partial charge in [0.25, 0.3) is 0 Å². The molecule has 0 aromatic rings. The van der Waals surface area contributed by atoms with Crippen LogP contribution in [0.15, 0.2) is 0 Å². The van der Waals surface area contributed by atoms with E-state index in [1.165, 1.54) is 12.8 Å². The fraction of sp³-hybridized carbons (Fsp3) is 1.00. The molecule has 0 saturated heterocycles. The van der Waals surface area contributed by atoms with Gasteiger partial charge in [-0.15, -0.1) is 0 Å². The third-order valence-electron chi connectivity index (χ3n) is 2.13. The maximum Gasteiger partial charge on any atom is 0.0514 e. The largest absolute Gasteiger partial charge is 0.393 e. The van der Waals surface area contributed by atoms with Gasteiger partial charge in [0.1, 0.15) is 0 Å². The van der Waals surface area contributed by atoms with Crippen LogP contribution in [0.2, 0.25) is 0 Å². The van der Waals surface area contributed by atoms with Gasteiger partial charge >= 0.3 is 0 Å². The highest BCUT2D eigenvalue weighted by atomic mass is 16.3. The molecule has 2 atom stereocenters. The fourth-order valence-corrected chi connectivity index (χ4v) is 1.38. The van der Waals surface area contributed by atoms with Gasteiger partial charge in [-0.1, -0.05) is 34.1 Å². The molecule has 0 aliphatic carbocycles. The Morgan fingerprint density at radius 2 is 1.67 bits per heavy atom. The Labute approximate surface area is 77.2 Å². The molecule has 1 heteroatoms. The lowest BCUT2D eigenvalue weighted by molar-refractivity contribution is 0.157. The number of rotatable bonds is 4. The van der Waals surface area contributed by atoms with Crippen molar-refractivity contribution in [3.05, 3.63) is 0 Å². The molecule has 0 rings (SSSR count). The van der Waals surface area contributed by atoms with Crippen LogP contribution in [0.5, 0.6) is 0 Å². The van der Waals surface area contributed by atoms with E-state index in [1.54, 1.807) is 0 Å². The highest BCUT2D eigenvalue weighted by Gasteiger charge is 2.13. The summed E-state index contributed by atoms with van der Waals surface area (Å²) in [6.07, 6.45) is 3.28. The summed E-state index contributed by atoms with van der Waals surface area (Å²) in [5, 5.41) is 9.15. The number of hydrogen-bond acceptors (Lipinski definition) is 1. The van der Waals surface area contributed by atoms with Crippen LogP contribution >= 0.6 is 0 Å². The molecule has 0 aliphatic heterocycles. The minimum absolute atomic E-state index is 0.139. The molecule has 0 spiro atoms. The van der Waals surface area contributed by atoms with E-state index in [-0.39, 0.29) is 6.10 Å². The highest BCUT2D eigenvalue weighted by molar-refractivity contribution is 4.65. The molecule has 0 aromatic heterocycles. The van der Waals surface area contributed by atoms with Crippen LogP contribution in [0.3, 0.4) is 0 Å². The van der Waals surface area contributed by atoms with Gasteiger partial charge in [-0.2, -0.15) is 0 Å². The van der Waals surface area contributed by atoms with E-state index >= 15 is 0 Å². The van der Waals surface area contributed by atoms with Crippen LogP contribution in [0.25, 0.3) is 0 Å². The Balaban J connectivity index is 3.51. The molecule has 74 valence electrons. The molecule has 0 aromatic carbocycles. The quantitative estimate of drug-likeness (QED) is 0.690. The first-order valence-corrected chi connectivity index (χ1v) is 4.99.